The van der Waals surface area contributed by atoms with Crippen molar-refractivity contribution in [3.8, 4) is 0 Å². The number of hydrogen-bond donors (Lipinski definition) is 4. The predicted molar refractivity (Wildman–Crippen MR) is 150 cm³/mol. The first-order chi connectivity index (χ1) is 18.6. The lowest BCUT2D eigenvalue weighted by molar-refractivity contribution is -0.119. The second-order valence-electron chi connectivity index (χ2n) is 10.3. The molecule has 4 N–H and O–H groups in total. The van der Waals surface area contributed by atoms with E-state index in [0.717, 1.165) is 64.8 Å². The van der Waals surface area contributed by atoms with Crippen molar-refractivity contribution in [2.45, 2.75) is 69.8 Å². The molecule has 0 radical (unpaired) electrons. The molecule has 2 aromatic carbocycles. The Balaban J connectivity index is 0.000000166. The summed E-state index contributed by atoms with van der Waals surface area (Å²) in [7, 11) is 0. The fourth-order valence-corrected chi connectivity index (χ4v) is 5.94. The number of carbonyl (C=O) groups is 2. The van der Waals surface area contributed by atoms with Crippen LogP contribution in [0.2, 0.25) is 0 Å². The van der Waals surface area contributed by atoms with Gasteiger partial charge in [0.05, 0.1) is 18.2 Å². The molecule has 4 fully saturated rings. The molecule has 0 aromatic heterocycles. The van der Waals surface area contributed by atoms with Gasteiger partial charge in [0, 0.05) is 19.4 Å². The van der Waals surface area contributed by atoms with Crippen molar-refractivity contribution >= 4 is 12.0 Å². The van der Waals surface area contributed by atoms with Gasteiger partial charge in [-0.25, -0.2) is 4.79 Å². The van der Waals surface area contributed by atoms with Crippen molar-refractivity contribution in [1.29, 1.82) is 0 Å². The lowest BCUT2D eigenvalue weighted by atomic mass is 9.82. The summed E-state index contributed by atoms with van der Waals surface area (Å²) < 4.78 is 5.58. The number of nitrogens with zero attached hydrogens (tertiary/aromatic N) is 1. The Morgan fingerprint density at radius 3 is 1.97 bits per heavy atom. The molecule has 4 heterocycles. The fraction of sp³-hybridized carbons (Fsp3) is 0.533. The number of alkyl carbamates (subject to hydrolysis) is 1. The van der Waals surface area contributed by atoms with Crippen LogP contribution in [0.1, 0.15) is 50.7 Å². The maximum atomic E-state index is 11.7. The Labute approximate surface area is 226 Å². The average molecular weight is 522 g/mol. The van der Waals surface area contributed by atoms with Crippen LogP contribution in [0.3, 0.4) is 0 Å². The van der Waals surface area contributed by atoms with E-state index in [1.165, 1.54) is 11.1 Å². The Bertz CT molecular complexity index is 937. The zero-order valence-corrected chi connectivity index (χ0v) is 22.8. The van der Waals surface area contributed by atoms with Crippen LogP contribution in [0, 0.1) is 0 Å². The summed E-state index contributed by atoms with van der Waals surface area (Å²) in [4.78, 5) is 25.6. The molecule has 1 unspecified atom stereocenters. The van der Waals surface area contributed by atoms with Gasteiger partial charge in [0.2, 0.25) is 5.91 Å². The maximum Gasteiger partial charge on any atom is 0.408 e. The van der Waals surface area contributed by atoms with E-state index in [0.29, 0.717) is 6.54 Å². The lowest BCUT2D eigenvalue weighted by Crippen LogP contribution is -2.57. The van der Waals surface area contributed by atoms with Crippen molar-refractivity contribution in [2.75, 3.05) is 32.7 Å². The minimum atomic E-state index is -0.307. The molecule has 38 heavy (non-hydrogen) atoms. The third-order valence-electron chi connectivity index (χ3n) is 7.91. The molecule has 4 aliphatic rings. The van der Waals surface area contributed by atoms with Crippen LogP contribution >= 0.6 is 0 Å². The van der Waals surface area contributed by atoms with Crippen LogP contribution in [0.4, 0.5) is 4.79 Å². The number of ether oxygens (including phenoxy) is 1. The number of rotatable bonds is 4. The molecule has 8 heteroatoms. The van der Waals surface area contributed by atoms with Crippen LogP contribution < -0.4 is 21.3 Å². The molecule has 1 atom stereocenters. The zero-order valence-electron chi connectivity index (χ0n) is 22.8. The van der Waals surface area contributed by atoms with Gasteiger partial charge in [-0.15, -0.1) is 0 Å². The average Bonchev–Trinajstić information content (AvgIpc) is 3.41. The smallest absolute Gasteiger partial charge is 0.408 e. The van der Waals surface area contributed by atoms with Crippen molar-refractivity contribution in [3.05, 3.63) is 71.8 Å². The molecule has 4 saturated heterocycles. The van der Waals surface area contributed by atoms with Crippen molar-refractivity contribution in [3.63, 3.8) is 0 Å². The largest absolute Gasteiger partial charge is 0.441 e. The van der Waals surface area contributed by atoms with Gasteiger partial charge >= 0.3 is 6.09 Å². The normalized spacial score (nSPS) is 23.4. The highest BCUT2D eigenvalue weighted by atomic mass is 16.6. The standard InChI is InChI=1S/C14H19N3O.C14H18N2O2.C2H6/c18-13-11-17(10-12-4-2-1-3-5-12)14(16-13)6-8-15-9-7-14;17-13-16-12(10-11-4-2-1-3-5-11)14(18-13)6-8-15-9-7-14;1-2/h1-5,15H,6-11H2,(H,16,18);1-5,12,15H,6-10H2,(H,16,17);1-2H3. The number of carbonyl (C=O) groups excluding carboxylic acids is 2. The molecule has 2 spiro atoms. The van der Waals surface area contributed by atoms with Gasteiger partial charge < -0.3 is 26.0 Å². The van der Waals surface area contributed by atoms with Crippen LogP contribution in [-0.4, -0.2) is 66.9 Å². The highest BCUT2D eigenvalue weighted by Gasteiger charge is 2.49. The van der Waals surface area contributed by atoms with Gasteiger partial charge in [0.1, 0.15) is 5.60 Å². The van der Waals surface area contributed by atoms with E-state index in [4.69, 9.17) is 4.74 Å². The number of amides is 2. The Morgan fingerprint density at radius 1 is 0.816 bits per heavy atom. The molecule has 8 nitrogen and oxygen atoms in total. The molecular weight excluding hydrogens is 478 g/mol. The van der Waals surface area contributed by atoms with E-state index in [1.54, 1.807) is 0 Å². The molecule has 6 rings (SSSR count). The van der Waals surface area contributed by atoms with Gasteiger partial charge in [0.15, 0.2) is 0 Å². The first-order valence-electron chi connectivity index (χ1n) is 14.1. The highest BCUT2D eigenvalue weighted by Crippen LogP contribution is 2.33. The van der Waals surface area contributed by atoms with Crippen LogP contribution in [0.5, 0.6) is 0 Å². The molecular formula is C30H43N5O3. The Kier molecular flexibility index (Phi) is 9.77. The van der Waals surface area contributed by atoms with Gasteiger partial charge in [-0.1, -0.05) is 74.5 Å². The summed E-state index contributed by atoms with van der Waals surface area (Å²) in [5, 5.41) is 12.8. The zero-order chi connectivity index (χ0) is 26.8. The molecule has 4 aliphatic heterocycles. The summed E-state index contributed by atoms with van der Waals surface area (Å²) in [6.07, 6.45) is 4.34. The summed E-state index contributed by atoms with van der Waals surface area (Å²) >= 11 is 0. The quantitative estimate of drug-likeness (QED) is 0.494. The Hall–Kier alpha value is -2.94. The van der Waals surface area contributed by atoms with E-state index in [-0.39, 0.29) is 29.3 Å². The monoisotopic (exact) mass is 521 g/mol. The first-order valence-corrected chi connectivity index (χ1v) is 14.1. The van der Waals surface area contributed by atoms with Crippen LogP contribution in [0.15, 0.2) is 60.7 Å². The maximum absolute atomic E-state index is 11.7. The van der Waals surface area contributed by atoms with Crippen LogP contribution in [-0.2, 0) is 22.5 Å². The number of hydrogen-bond acceptors (Lipinski definition) is 6. The first kappa shape index (κ1) is 28.1. The SMILES string of the molecule is CC.O=C1CN(Cc2ccccc2)C2(CCNCC2)N1.O=C1NC(Cc2ccccc2)C2(CCNCC2)O1. The minimum absolute atomic E-state index is 0.0921. The number of benzene rings is 2. The second-order valence-corrected chi connectivity index (χ2v) is 10.3. The lowest BCUT2D eigenvalue weighted by Gasteiger charge is -2.41. The van der Waals surface area contributed by atoms with Gasteiger partial charge in [-0.2, -0.15) is 0 Å². The summed E-state index contributed by atoms with van der Waals surface area (Å²) in [5.74, 6) is 0.160. The van der Waals surface area contributed by atoms with Crippen LogP contribution in [0.25, 0.3) is 0 Å². The van der Waals surface area contributed by atoms with Gasteiger partial charge in [-0.3, -0.25) is 9.69 Å². The molecule has 0 bridgehead atoms. The van der Waals surface area contributed by atoms with Crippen molar-refractivity contribution in [1.82, 2.24) is 26.2 Å². The topological polar surface area (TPSA) is 94.7 Å². The summed E-state index contributed by atoms with van der Waals surface area (Å²) in [6.45, 7) is 9.16. The Morgan fingerprint density at radius 2 is 1.37 bits per heavy atom. The highest BCUT2D eigenvalue weighted by molar-refractivity contribution is 5.81. The van der Waals surface area contributed by atoms with Crippen molar-refractivity contribution < 1.29 is 14.3 Å². The summed E-state index contributed by atoms with van der Waals surface area (Å²) in [5.41, 5.74) is 2.09. The van der Waals surface area contributed by atoms with E-state index in [1.807, 2.05) is 38.1 Å². The third-order valence-corrected chi connectivity index (χ3v) is 7.91. The minimum Gasteiger partial charge on any atom is -0.441 e. The molecule has 2 aromatic rings. The second kappa shape index (κ2) is 13.2. The fourth-order valence-electron chi connectivity index (χ4n) is 5.94. The summed E-state index contributed by atoms with van der Waals surface area (Å²) in [6, 6.07) is 20.7. The van der Waals surface area contributed by atoms with E-state index in [2.05, 4.69) is 62.6 Å². The molecule has 206 valence electrons. The van der Waals surface area contributed by atoms with Gasteiger partial charge in [0.25, 0.3) is 0 Å². The predicted octanol–water partition coefficient (Wildman–Crippen LogP) is 3.18. The molecule has 0 saturated carbocycles. The number of piperidine rings is 2. The molecule has 0 aliphatic carbocycles. The molecule has 2 amide bonds. The third kappa shape index (κ3) is 6.73. The van der Waals surface area contributed by atoms with E-state index >= 15 is 0 Å². The van der Waals surface area contributed by atoms with E-state index < -0.39 is 0 Å². The van der Waals surface area contributed by atoms with Gasteiger partial charge in [-0.05, 0) is 56.6 Å². The van der Waals surface area contributed by atoms with E-state index in [9.17, 15) is 9.59 Å². The van der Waals surface area contributed by atoms with Crippen molar-refractivity contribution in [2.24, 2.45) is 0 Å². The number of nitrogens with one attached hydrogen (secondary N) is 4.